The Labute approximate surface area is 51.7 Å². The van der Waals surface area contributed by atoms with E-state index in [0.29, 0.717) is 0 Å². The molecular formula is C2H3F3NO2S-. The monoisotopic (exact) mass is 162 g/mol. The molecule has 0 aliphatic rings. The van der Waals surface area contributed by atoms with Gasteiger partial charge in [-0.3, -0.25) is 4.21 Å². The molecule has 0 radical (unpaired) electrons. The zero-order valence-corrected chi connectivity index (χ0v) is 4.88. The number of hydrogen-bond donors (Lipinski definition) is 1. The highest BCUT2D eigenvalue weighted by molar-refractivity contribution is 7.77. The van der Waals surface area contributed by atoms with Crippen LogP contribution < -0.4 is 4.72 Å². The maximum absolute atomic E-state index is 11.1. The molecule has 0 aliphatic carbocycles. The van der Waals surface area contributed by atoms with Gasteiger partial charge in [-0.25, -0.2) is 4.72 Å². The molecule has 0 bridgehead atoms. The predicted octanol–water partition coefficient (Wildman–Crippen LogP) is -0.0676. The normalized spacial score (nSPS) is 15.6. The van der Waals surface area contributed by atoms with Crippen molar-refractivity contribution in [2.45, 2.75) is 6.18 Å². The van der Waals surface area contributed by atoms with Crippen LogP contribution in [0.3, 0.4) is 0 Å². The third-order valence-electron chi connectivity index (χ3n) is 0.390. The predicted molar refractivity (Wildman–Crippen MR) is 23.0 cm³/mol. The lowest BCUT2D eigenvalue weighted by Crippen LogP contribution is -2.29. The van der Waals surface area contributed by atoms with Gasteiger partial charge >= 0.3 is 6.18 Å². The van der Waals surface area contributed by atoms with Gasteiger partial charge in [0, 0.05) is 11.3 Å². The second-order valence-corrected chi connectivity index (χ2v) is 1.93. The van der Waals surface area contributed by atoms with Gasteiger partial charge in [0.15, 0.2) is 0 Å². The van der Waals surface area contributed by atoms with Gasteiger partial charge in [-0.2, -0.15) is 13.2 Å². The van der Waals surface area contributed by atoms with Crippen molar-refractivity contribution in [2.75, 3.05) is 6.54 Å². The molecule has 0 aliphatic heterocycles. The van der Waals surface area contributed by atoms with Gasteiger partial charge in [0.2, 0.25) is 0 Å². The Morgan fingerprint density at radius 2 is 2.00 bits per heavy atom. The van der Waals surface area contributed by atoms with Crippen molar-refractivity contribution in [1.29, 1.82) is 0 Å². The van der Waals surface area contributed by atoms with Crippen molar-refractivity contribution < 1.29 is 21.9 Å². The molecule has 7 heteroatoms. The molecule has 0 aromatic heterocycles. The fourth-order valence-corrected chi connectivity index (χ4v) is 0.422. The van der Waals surface area contributed by atoms with E-state index in [2.05, 4.69) is 0 Å². The van der Waals surface area contributed by atoms with Crippen LogP contribution in [0.2, 0.25) is 0 Å². The SMILES string of the molecule is O=S([O-])NCC(F)(F)F. The topological polar surface area (TPSA) is 52.2 Å². The van der Waals surface area contributed by atoms with E-state index >= 15 is 0 Å². The van der Waals surface area contributed by atoms with Gasteiger partial charge in [0.1, 0.15) is 6.54 Å². The molecule has 0 saturated heterocycles. The zero-order chi connectivity index (χ0) is 7.49. The van der Waals surface area contributed by atoms with Crippen molar-refractivity contribution in [3.05, 3.63) is 0 Å². The lowest BCUT2D eigenvalue weighted by molar-refractivity contribution is -0.121. The summed E-state index contributed by atoms with van der Waals surface area (Å²) in [6.45, 7) is -1.51. The zero-order valence-electron chi connectivity index (χ0n) is 4.07. The van der Waals surface area contributed by atoms with Crippen LogP contribution in [0.5, 0.6) is 0 Å². The lowest BCUT2D eigenvalue weighted by atomic mass is 10.7. The molecule has 0 spiro atoms. The van der Waals surface area contributed by atoms with Crippen LogP contribution >= 0.6 is 0 Å². The van der Waals surface area contributed by atoms with E-state index in [1.807, 2.05) is 0 Å². The smallest absolute Gasteiger partial charge is 0.402 e. The summed E-state index contributed by atoms with van der Waals surface area (Å²) >= 11 is -2.83. The van der Waals surface area contributed by atoms with Crippen LogP contribution in [0.1, 0.15) is 0 Å². The molecule has 9 heavy (non-hydrogen) atoms. The van der Waals surface area contributed by atoms with Crippen molar-refractivity contribution >= 4 is 11.3 Å². The summed E-state index contributed by atoms with van der Waals surface area (Å²) in [6, 6.07) is 0. The Hall–Kier alpha value is -0.140. The molecule has 0 heterocycles. The number of nitrogens with one attached hydrogen (secondary N) is 1. The van der Waals surface area contributed by atoms with Gasteiger partial charge < -0.3 is 4.55 Å². The molecule has 1 atom stereocenters. The van der Waals surface area contributed by atoms with Crippen LogP contribution in [0, 0.1) is 0 Å². The van der Waals surface area contributed by atoms with Gasteiger partial charge in [-0.15, -0.1) is 0 Å². The van der Waals surface area contributed by atoms with E-state index in [-0.39, 0.29) is 0 Å². The minimum absolute atomic E-state index is 1.18. The summed E-state index contributed by atoms with van der Waals surface area (Å²) in [7, 11) is 0. The quantitative estimate of drug-likeness (QED) is 0.578. The number of hydrogen-bond acceptors (Lipinski definition) is 2. The van der Waals surface area contributed by atoms with Gasteiger partial charge in [0.25, 0.3) is 0 Å². The number of halogens is 3. The summed E-state index contributed by atoms with van der Waals surface area (Å²) < 4.78 is 53.3. The Kier molecular flexibility index (Phi) is 3.09. The summed E-state index contributed by atoms with van der Waals surface area (Å²) in [5.74, 6) is 0. The minimum Gasteiger partial charge on any atom is -0.760 e. The molecule has 56 valence electrons. The Morgan fingerprint density at radius 1 is 1.56 bits per heavy atom. The molecule has 0 aromatic rings. The highest BCUT2D eigenvalue weighted by atomic mass is 32.2. The first kappa shape index (κ1) is 8.86. The largest absolute Gasteiger partial charge is 0.760 e. The molecule has 0 rings (SSSR count). The summed E-state index contributed by atoms with van der Waals surface area (Å²) in [4.78, 5) is 0. The molecule has 1 unspecified atom stereocenters. The maximum atomic E-state index is 11.1. The first-order valence-corrected chi connectivity index (χ1v) is 2.89. The standard InChI is InChI=1S/C2H4F3NO2S/c3-2(4,5)1-6-9(7)8/h6H,1H2,(H,7,8)/p-1. The van der Waals surface area contributed by atoms with Crippen LogP contribution in [0.4, 0.5) is 13.2 Å². The lowest BCUT2D eigenvalue weighted by Gasteiger charge is -2.08. The molecule has 0 fully saturated rings. The highest BCUT2D eigenvalue weighted by Crippen LogP contribution is 2.11. The van der Waals surface area contributed by atoms with E-state index in [9.17, 15) is 21.9 Å². The second-order valence-electron chi connectivity index (χ2n) is 1.17. The summed E-state index contributed by atoms with van der Waals surface area (Å²) in [6.07, 6.45) is -4.47. The van der Waals surface area contributed by atoms with E-state index < -0.39 is 24.0 Å². The molecule has 3 nitrogen and oxygen atoms in total. The fourth-order valence-electron chi connectivity index (χ4n) is 0.141. The number of alkyl halides is 3. The third kappa shape index (κ3) is 7.86. The number of rotatable bonds is 2. The van der Waals surface area contributed by atoms with E-state index in [1.165, 1.54) is 4.72 Å². The Morgan fingerprint density at radius 3 is 2.11 bits per heavy atom. The van der Waals surface area contributed by atoms with Gasteiger partial charge in [-0.05, 0) is 0 Å². The van der Waals surface area contributed by atoms with Crippen LogP contribution in [0.25, 0.3) is 0 Å². The Balaban J connectivity index is 3.39. The van der Waals surface area contributed by atoms with Crippen molar-refractivity contribution in [3.63, 3.8) is 0 Å². The van der Waals surface area contributed by atoms with Crippen LogP contribution in [0.15, 0.2) is 0 Å². The fraction of sp³-hybridized carbons (Fsp3) is 1.00. The average Bonchev–Trinajstić information content (AvgIpc) is 1.59. The van der Waals surface area contributed by atoms with Gasteiger partial charge in [0.05, 0.1) is 0 Å². The summed E-state index contributed by atoms with van der Waals surface area (Å²) in [5, 5.41) is 0. The molecule has 0 aromatic carbocycles. The van der Waals surface area contributed by atoms with Gasteiger partial charge in [-0.1, -0.05) is 0 Å². The molecule has 0 amide bonds. The molecular weight excluding hydrogens is 159 g/mol. The van der Waals surface area contributed by atoms with E-state index in [1.54, 1.807) is 0 Å². The van der Waals surface area contributed by atoms with Crippen LogP contribution in [-0.4, -0.2) is 21.5 Å². The molecule has 0 saturated carbocycles. The second kappa shape index (κ2) is 3.14. The first-order valence-electron chi connectivity index (χ1n) is 1.81. The van der Waals surface area contributed by atoms with Crippen molar-refractivity contribution in [1.82, 2.24) is 4.72 Å². The third-order valence-corrected chi connectivity index (χ3v) is 0.771. The van der Waals surface area contributed by atoms with Crippen molar-refractivity contribution in [2.24, 2.45) is 0 Å². The van der Waals surface area contributed by atoms with E-state index in [4.69, 9.17) is 0 Å². The maximum Gasteiger partial charge on any atom is 0.402 e. The highest BCUT2D eigenvalue weighted by Gasteiger charge is 2.26. The van der Waals surface area contributed by atoms with E-state index in [0.717, 1.165) is 0 Å². The molecule has 1 N–H and O–H groups in total. The Bertz CT molecular complexity index is 113. The summed E-state index contributed by atoms with van der Waals surface area (Å²) in [5.41, 5.74) is 0. The van der Waals surface area contributed by atoms with Crippen LogP contribution in [-0.2, 0) is 11.3 Å². The van der Waals surface area contributed by atoms with Crippen molar-refractivity contribution in [3.8, 4) is 0 Å². The average molecular weight is 162 g/mol. The first-order chi connectivity index (χ1) is 3.92. The minimum atomic E-state index is -4.47.